The third kappa shape index (κ3) is 4.69. The van der Waals surface area contributed by atoms with Crippen molar-refractivity contribution in [1.82, 2.24) is 14.9 Å². The van der Waals surface area contributed by atoms with Crippen molar-refractivity contribution in [3.05, 3.63) is 69.5 Å². The van der Waals surface area contributed by atoms with Crippen LogP contribution in [0.15, 0.2) is 47.3 Å². The van der Waals surface area contributed by atoms with E-state index in [4.69, 9.17) is 11.6 Å². The lowest BCUT2D eigenvalue weighted by atomic mass is 10.2. The van der Waals surface area contributed by atoms with E-state index in [2.05, 4.69) is 15.3 Å². The Morgan fingerprint density at radius 3 is 2.85 bits per heavy atom. The number of hydrogen-bond donors (Lipinski definition) is 2. The monoisotopic (exact) mass is 388 g/mol. The van der Waals surface area contributed by atoms with E-state index in [-0.39, 0.29) is 30.2 Å². The maximum Gasteiger partial charge on any atom is 0.258 e. The molecule has 1 heterocycles. The second-order valence-corrected chi connectivity index (χ2v) is 6.44. The number of likely N-dealkylation sites (N-methyl/N-ethyl adjacent to an activating group) is 1. The highest BCUT2D eigenvalue weighted by Crippen LogP contribution is 2.19. The molecule has 2 aromatic carbocycles. The predicted octanol–water partition coefficient (Wildman–Crippen LogP) is 3.18. The zero-order valence-electron chi connectivity index (χ0n) is 14.6. The van der Waals surface area contributed by atoms with Gasteiger partial charge in [0.2, 0.25) is 5.91 Å². The first kappa shape index (κ1) is 19.0. The largest absolute Gasteiger partial charge is 0.322 e. The molecule has 2 N–H and O–H groups in total. The van der Waals surface area contributed by atoms with Gasteiger partial charge >= 0.3 is 0 Å². The van der Waals surface area contributed by atoms with Gasteiger partial charge in [-0.3, -0.25) is 14.5 Å². The lowest BCUT2D eigenvalue weighted by Gasteiger charge is -2.19. The van der Waals surface area contributed by atoms with Crippen LogP contribution in [-0.4, -0.2) is 33.9 Å². The standard InChI is InChI=1S/C19H18ClFN4O2/c1-2-25(11-18(26)23-16-9-12(20)7-8-14(16)21)10-17-22-15-6-4-3-5-13(15)19(27)24-17/h3-9H,2,10-11H2,1H3,(H,23,26)(H,22,24,27). The zero-order valence-corrected chi connectivity index (χ0v) is 15.4. The molecule has 3 rings (SSSR count). The summed E-state index contributed by atoms with van der Waals surface area (Å²) in [7, 11) is 0. The molecule has 3 aromatic rings. The molecular weight excluding hydrogens is 371 g/mol. The molecule has 0 saturated carbocycles. The molecule has 0 aliphatic rings. The molecule has 0 atom stereocenters. The third-order valence-corrected chi connectivity index (χ3v) is 4.29. The molecule has 0 aliphatic carbocycles. The van der Waals surface area contributed by atoms with Crippen LogP contribution in [0.3, 0.4) is 0 Å². The van der Waals surface area contributed by atoms with Crippen molar-refractivity contribution < 1.29 is 9.18 Å². The predicted molar refractivity (Wildman–Crippen MR) is 103 cm³/mol. The molecule has 0 aliphatic heterocycles. The van der Waals surface area contributed by atoms with Gasteiger partial charge in [-0.1, -0.05) is 30.7 Å². The minimum Gasteiger partial charge on any atom is -0.322 e. The van der Waals surface area contributed by atoms with Gasteiger partial charge in [0.25, 0.3) is 5.56 Å². The Morgan fingerprint density at radius 1 is 1.30 bits per heavy atom. The van der Waals surface area contributed by atoms with E-state index >= 15 is 0 Å². The number of carbonyl (C=O) groups is 1. The molecule has 27 heavy (non-hydrogen) atoms. The summed E-state index contributed by atoms with van der Waals surface area (Å²) in [5, 5.41) is 3.35. The van der Waals surface area contributed by atoms with Crippen LogP contribution in [0, 0.1) is 5.82 Å². The molecule has 0 bridgehead atoms. The lowest BCUT2D eigenvalue weighted by molar-refractivity contribution is -0.117. The van der Waals surface area contributed by atoms with E-state index in [1.807, 2.05) is 13.0 Å². The number of rotatable bonds is 6. The summed E-state index contributed by atoms with van der Waals surface area (Å²) in [4.78, 5) is 33.4. The number of aromatic amines is 1. The molecule has 1 amide bonds. The number of para-hydroxylation sites is 1. The normalized spacial score (nSPS) is 11.1. The van der Waals surface area contributed by atoms with Gasteiger partial charge in [0.05, 0.1) is 29.7 Å². The van der Waals surface area contributed by atoms with E-state index in [9.17, 15) is 14.0 Å². The molecule has 0 spiro atoms. The van der Waals surface area contributed by atoms with Crippen molar-refractivity contribution in [2.75, 3.05) is 18.4 Å². The van der Waals surface area contributed by atoms with Crippen LogP contribution in [0.4, 0.5) is 10.1 Å². The topological polar surface area (TPSA) is 78.1 Å². The maximum atomic E-state index is 13.8. The molecule has 0 unspecified atom stereocenters. The van der Waals surface area contributed by atoms with Crippen molar-refractivity contribution in [1.29, 1.82) is 0 Å². The molecule has 0 saturated heterocycles. The number of anilines is 1. The van der Waals surface area contributed by atoms with Gasteiger partial charge in [0.15, 0.2) is 0 Å². The van der Waals surface area contributed by atoms with E-state index in [0.717, 1.165) is 0 Å². The first-order valence-electron chi connectivity index (χ1n) is 8.41. The van der Waals surface area contributed by atoms with Crippen molar-refractivity contribution in [3.8, 4) is 0 Å². The van der Waals surface area contributed by atoms with Crippen LogP contribution in [0.25, 0.3) is 10.9 Å². The Balaban J connectivity index is 1.71. The van der Waals surface area contributed by atoms with Gasteiger partial charge in [-0.15, -0.1) is 0 Å². The minimum atomic E-state index is -0.559. The van der Waals surface area contributed by atoms with Crippen LogP contribution in [0.5, 0.6) is 0 Å². The molecule has 1 aromatic heterocycles. The van der Waals surface area contributed by atoms with Crippen LogP contribution < -0.4 is 10.9 Å². The van der Waals surface area contributed by atoms with Crippen LogP contribution in [0.1, 0.15) is 12.7 Å². The van der Waals surface area contributed by atoms with E-state index in [1.54, 1.807) is 23.1 Å². The lowest BCUT2D eigenvalue weighted by Crippen LogP contribution is -2.34. The number of halogens is 2. The van der Waals surface area contributed by atoms with Crippen molar-refractivity contribution in [2.45, 2.75) is 13.5 Å². The average Bonchev–Trinajstić information content (AvgIpc) is 2.64. The molecule has 0 radical (unpaired) electrons. The van der Waals surface area contributed by atoms with E-state index in [1.165, 1.54) is 18.2 Å². The highest BCUT2D eigenvalue weighted by atomic mass is 35.5. The number of nitrogens with zero attached hydrogens (tertiary/aromatic N) is 2. The summed E-state index contributed by atoms with van der Waals surface area (Å²) in [6.45, 7) is 2.72. The number of fused-ring (bicyclic) bond motifs is 1. The summed E-state index contributed by atoms with van der Waals surface area (Å²) < 4.78 is 13.8. The quantitative estimate of drug-likeness (QED) is 0.679. The smallest absolute Gasteiger partial charge is 0.258 e. The van der Waals surface area contributed by atoms with E-state index < -0.39 is 5.82 Å². The van der Waals surface area contributed by atoms with Crippen molar-refractivity contribution in [3.63, 3.8) is 0 Å². The van der Waals surface area contributed by atoms with Crippen LogP contribution in [-0.2, 0) is 11.3 Å². The van der Waals surface area contributed by atoms with Crippen molar-refractivity contribution in [2.24, 2.45) is 0 Å². The van der Waals surface area contributed by atoms with Gasteiger partial charge in [0.1, 0.15) is 11.6 Å². The van der Waals surface area contributed by atoms with Gasteiger partial charge in [-0.05, 0) is 36.9 Å². The minimum absolute atomic E-state index is 0.0129. The van der Waals surface area contributed by atoms with Gasteiger partial charge in [-0.2, -0.15) is 0 Å². The SMILES string of the molecule is CCN(CC(=O)Nc1cc(Cl)ccc1F)Cc1nc2ccccc2c(=O)[nH]1. The summed E-state index contributed by atoms with van der Waals surface area (Å²) in [6.07, 6.45) is 0. The van der Waals surface area contributed by atoms with Gasteiger partial charge in [-0.25, -0.2) is 9.37 Å². The van der Waals surface area contributed by atoms with Crippen LogP contribution in [0.2, 0.25) is 5.02 Å². The Labute approximate surface area is 160 Å². The number of hydrogen-bond acceptors (Lipinski definition) is 4. The Morgan fingerprint density at radius 2 is 2.07 bits per heavy atom. The second-order valence-electron chi connectivity index (χ2n) is 6.01. The number of benzene rings is 2. The molecule has 0 fully saturated rings. The Bertz CT molecular complexity index is 1040. The number of H-pyrrole nitrogens is 1. The maximum absolute atomic E-state index is 13.8. The van der Waals surface area contributed by atoms with E-state index in [0.29, 0.717) is 28.3 Å². The number of amides is 1. The fraction of sp³-hybridized carbons (Fsp3) is 0.211. The summed E-state index contributed by atoms with van der Waals surface area (Å²) in [6, 6.07) is 11.0. The third-order valence-electron chi connectivity index (χ3n) is 4.05. The highest BCUT2D eigenvalue weighted by Gasteiger charge is 2.14. The summed E-state index contributed by atoms with van der Waals surface area (Å²) in [5.41, 5.74) is 0.399. The molecule has 6 nitrogen and oxygen atoms in total. The Kier molecular flexibility index (Phi) is 5.83. The zero-order chi connectivity index (χ0) is 19.4. The van der Waals surface area contributed by atoms with Gasteiger partial charge < -0.3 is 10.3 Å². The molecule has 8 heteroatoms. The number of nitrogens with one attached hydrogen (secondary N) is 2. The second kappa shape index (κ2) is 8.28. The van der Waals surface area contributed by atoms with Gasteiger partial charge in [0, 0.05) is 5.02 Å². The molecule has 140 valence electrons. The van der Waals surface area contributed by atoms with Crippen LogP contribution >= 0.6 is 11.6 Å². The Hall–Kier alpha value is -2.77. The summed E-state index contributed by atoms with van der Waals surface area (Å²) in [5.74, 6) is -0.486. The number of aromatic nitrogens is 2. The fourth-order valence-electron chi connectivity index (χ4n) is 2.69. The first-order valence-corrected chi connectivity index (χ1v) is 8.79. The average molecular weight is 389 g/mol. The highest BCUT2D eigenvalue weighted by molar-refractivity contribution is 6.30. The van der Waals surface area contributed by atoms with Crippen molar-refractivity contribution >= 4 is 34.1 Å². The fourth-order valence-corrected chi connectivity index (χ4v) is 2.86. The number of carbonyl (C=O) groups excluding carboxylic acids is 1. The summed E-state index contributed by atoms with van der Waals surface area (Å²) >= 11 is 5.83. The molecular formula is C19H18ClFN4O2. The first-order chi connectivity index (χ1) is 13.0.